The van der Waals surface area contributed by atoms with Crippen LogP contribution < -0.4 is 0 Å². The van der Waals surface area contributed by atoms with E-state index < -0.39 is 5.60 Å². The van der Waals surface area contributed by atoms with Crippen molar-refractivity contribution in [3.05, 3.63) is 42.6 Å². The van der Waals surface area contributed by atoms with Crippen LogP contribution in [0.1, 0.15) is 42.5 Å². The summed E-state index contributed by atoms with van der Waals surface area (Å²) in [6, 6.07) is 3.53. The number of nitrogens with zero attached hydrogens (tertiary/aromatic N) is 4. The second kappa shape index (κ2) is 6.02. The monoisotopic (exact) mass is 326 g/mol. The maximum atomic E-state index is 12.8. The van der Waals surface area contributed by atoms with Gasteiger partial charge in [-0.1, -0.05) is 6.42 Å². The average molecular weight is 326 g/mol. The molecule has 126 valence electrons. The number of imidazole rings is 1. The Labute approximate surface area is 141 Å². The Morgan fingerprint density at radius 2 is 2.04 bits per heavy atom. The van der Waals surface area contributed by atoms with E-state index in [2.05, 4.69) is 9.97 Å². The molecular formula is C18H22N4O2. The van der Waals surface area contributed by atoms with Gasteiger partial charge in [-0.3, -0.25) is 9.36 Å². The van der Waals surface area contributed by atoms with Crippen LogP contribution in [0.2, 0.25) is 0 Å². The van der Waals surface area contributed by atoms with Crippen molar-refractivity contribution in [3.63, 3.8) is 0 Å². The molecule has 0 aromatic carbocycles. The molecule has 0 unspecified atom stereocenters. The summed E-state index contributed by atoms with van der Waals surface area (Å²) in [4.78, 5) is 22.9. The molecule has 0 spiro atoms. The van der Waals surface area contributed by atoms with E-state index in [0.29, 0.717) is 43.2 Å². The summed E-state index contributed by atoms with van der Waals surface area (Å²) in [5, 5.41) is 10.8. The molecule has 0 atom stereocenters. The van der Waals surface area contributed by atoms with E-state index in [9.17, 15) is 9.90 Å². The molecule has 1 saturated carbocycles. The van der Waals surface area contributed by atoms with Crippen LogP contribution >= 0.6 is 0 Å². The minimum absolute atomic E-state index is 0.00873. The lowest BCUT2D eigenvalue weighted by Crippen LogP contribution is -2.52. The van der Waals surface area contributed by atoms with Crippen LogP contribution in [0.3, 0.4) is 0 Å². The third-order valence-electron chi connectivity index (χ3n) is 5.54. The molecule has 0 radical (unpaired) electrons. The second-order valence-corrected chi connectivity index (χ2v) is 6.90. The molecule has 1 N–H and O–H groups in total. The first-order valence-electron chi connectivity index (χ1n) is 8.62. The van der Waals surface area contributed by atoms with Crippen molar-refractivity contribution in [1.29, 1.82) is 0 Å². The van der Waals surface area contributed by atoms with Gasteiger partial charge in [0.05, 0.1) is 5.60 Å². The number of piperidine rings is 1. The van der Waals surface area contributed by atoms with Gasteiger partial charge in [-0.15, -0.1) is 0 Å². The van der Waals surface area contributed by atoms with Crippen LogP contribution in [0.25, 0.3) is 5.82 Å². The molecule has 2 aromatic heterocycles. The smallest absolute Gasteiger partial charge is 0.254 e. The molecule has 6 nitrogen and oxygen atoms in total. The van der Waals surface area contributed by atoms with E-state index in [0.717, 1.165) is 12.8 Å². The third-order valence-corrected chi connectivity index (χ3v) is 5.54. The maximum Gasteiger partial charge on any atom is 0.254 e. The highest BCUT2D eigenvalue weighted by molar-refractivity contribution is 5.94. The summed E-state index contributed by atoms with van der Waals surface area (Å²) in [5.41, 5.74) is 0.0673. The van der Waals surface area contributed by atoms with Crippen molar-refractivity contribution >= 4 is 5.91 Å². The number of hydrogen-bond acceptors (Lipinski definition) is 4. The van der Waals surface area contributed by atoms with Crippen molar-refractivity contribution in [2.75, 3.05) is 13.1 Å². The van der Waals surface area contributed by atoms with Gasteiger partial charge in [-0.2, -0.15) is 0 Å². The predicted molar refractivity (Wildman–Crippen MR) is 88.8 cm³/mol. The number of amides is 1. The van der Waals surface area contributed by atoms with Crippen LogP contribution in [-0.2, 0) is 0 Å². The Bertz CT molecular complexity index is 716. The molecular weight excluding hydrogens is 304 g/mol. The largest absolute Gasteiger partial charge is 0.389 e. The van der Waals surface area contributed by atoms with Gasteiger partial charge in [0, 0.05) is 37.2 Å². The third kappa shape index (κ3) is 2.71. The zero-order valence-electron chi connectivity index (χ0n) is 13.6. The van der Waals surface area contributed by atoms with E-state index in [1.54, 1.807) is 41.6 Å². The number of carbonyl (C=O) groups is 1. The van der Waals surface area contributed by atoms with Crippen LogP contribution in [0.4, 0.5) is 0 Å². The number of carbonyl (C=O) groups excluding carboxylic acids is 1. The predicted octanol–water partition coefficient (Wildman–Crippen LogP) is 2.03. The van der Waals surface area contributed by atoms with Gasteiger partial charge in [0.15, 0.2) is 0 Å². The highest BCUT2D eigenvalue weighted by atomic mass is 16.3. The lowest BCUT2D eigenvalue weighted by Gasteiger charge is -2.46. The molecule has 2 aromatic rings. The average Bonchev–Trinajstić information content (AvgIpc) is 3.08. The number of likely N-dealkylation sites (tertiary alicyclic amines) is 1. The summed E-state index contributed by atoms with van der Waals surface area (Å²) < 4.78 is 1.78. The summed E-state index contributed by atoms with van der Waals surface area (Å²) in [6.45, 7) is 1.24. The Morgan fingerprint density at radius 3 is 2.67 bits per heavy atom. The van der Waals surface area contributed by atoms with Crippen molar-refractivity contribution in [2.45, 2.75) is 37.7 Å². The van der Waals surface area contributed by atoms with E-state index in [4.69, 9.17) is 0 Å². The number of hydrogen-bond donors (Lipinski definition) is 1. The topological polar surface area (TPSA) is 71.2 Å². The van der Waals surface area contributed by atoms with Gasteiger partial charge < -0.3 is 10.0 Å². The fourth-order valence-corrected chi connectivity index (χ4v) is 3.72. The van der Waals surface area contributed by atoms with Gasteiger partial charge in [-0.05, 0) is 43.7 Å². The summed E-state index contributed by atoms with van der Waals surface area (Å²) in [6.07, 6.45) is 11.6. The maximum absolute atomic E-state index is 12.8. The van der Waals surface area contributed by atoms with Crippen molar-refractivity contribution in [3.8, 4) is 5.82 Å². The quantitative estimate of drug-likeness (QED) is 0.937. The van der Waals surface area contributed by atoms with Crippen molar-refractivity contribution < 1.29 is 9.90 Å². The highest BCUT2D eigenvalue weighted by Crippen LogP contribution is 2.42. The molecule has 1 saturated heterocycles. The summed E-state index contributed by atoms with van der Waals surface area (Å²) in [7, 11) is 0. The molecule has 1 aliphatic heterocycles. The minimum atomic E-state index is -0.560. The van der Waals surface area contributed by atoms with Crippen molar-refractivity contribution in [1.82, 2.24) is 19.4 Å². The number of rotatable bonds is 3. The Kier molecular flexibility index (Phi) is 3.84. The Balaban J connectivity index is 1.46. The lowest BCUT2D eigenvalue weighted by molar-refractivity contribution is -0.0861. The van der Waals surface area contributed by atoms with Gasteiger partial charge in [-0.25, -0.2) is 9.97 Å². The Hall–Kier alpha value is -2.21. The highest BCUT2D eigenvalue weighted by Gasteiger charge is 2.43. The molecule has 0 bridgehead atoms. The zero-order chi connectivity index (χ0) is 16.6. The Morgan fingerprint density at radius 1 is 1.25 bits per heavy atom. The van der Waals surface area contributed by atoms with Gasteiger partial charge >= 0.3 is 0 Å². The second-order valence-electron chi connectivity index (χ2n) is 6.90. The van der Waals surface area contributed by atoms with E-state index in [1.807, 2.05) is 4.90 Å². The first kappa shape index (κ1) is 15.3. The standard InChI is InChI=1S/C18H22N4O2/c23-17(14-4-7-20-16(12-14)22-11-8-19-13-22)21-9-5-18(24,6-10-21)15-2-1-3-15/h4,7-8,11-13,15,24H,1-3,5-6,9-10H2. The molecule has 2 fully saturated rings. The van der Waals surface area contributed by atoms with Crippen LogP contribution in [0.15, 0.2) is 37.1 Å². The minimum Gasteiger partial charge on any atom is -0.389 e. The number of pyridine rings is 1. The molecule has 1 aliphatic carbocycles. The zero-order valence-corrected chi connectivity index (χ0v) is 13.6. The van der Waals surface area contributed by atoms with Crippen LogP contribution in [-0.4, -0.2) is 49.1 Å². The summed E-state index contributed by atoms with van der Waals surface area (Å²) >= 11 is 0. The molecule has 2 aliphatic rings. The van der Waals surface area contributed by atoms with Crippen LogP contribution in [0.5, 0.6) is 0 Å². The van der Waals surface area contributed by atoms with Crippen LogP contribution in [0, 0.1) is 5.92 Å². The summed E-state index contributed by atoms with van der Waals surface area (Å²) in [5.74, 6) is 1.12. The normalized spacial score (nSPS) is 20.6. The van der Waals surface area contributed by atoms with E-state index in [-0.39, 0.29) is 5.91 Å². The molecule has 4 rings (SSSR count). The van der Waals surface area contributed by atoms with Gasteiger partial charge in [0.1, 0.15) is 12.1 Å². The molecule has 1 amide bonds. The lowest BCUT2D eigenvalue weighted by atomic mass is 9.69. The first-order chi connectivity index (χ1) is 11.7. The number of aromatic nitrogens is 3. The molecule has 6 heteroatoms. The van der Waals surface area contributed by atoms with Gasteiger partial charge in [0.2, 0.25) is 0 Å². The van der Waals surface area contributed by atoms with Gasteiger partial charge in [0.25, 0.3) is 5.91 Å². The SMILES string of the molecule is O=C(c1ccnc(-n2ccnc2)c1)N1CCC(O)(C2CCC2)CC1. The van der Waals surface area contributed by atoms with E-state index >= 15 is 0 Å². The number of aliphatic hydroxyl groups is 1. The molecule has 3 heterocycles. The fourth-order valence-electron chi connectivity index (χ4n) is 3.72. The first-order valence-corrected chi connectivity index (χ1v) is 8.62. The molecule has 24 heavy (non-hydrogen) atoms. The van der Waals surface area contributed by atoms with E-state index in [1.165, 1.54) is 6.42 Å². The fraction of sp³-hybridized carbons (Fsp3) is 0.500. The van der Waals surface area contributed by atoms with Crippen molar-refractivity contribution in [2.24, 2.45) is 5.92 Å².